The molecule has 2 aromatic carbocycles. The Balaban J connectivity index is 1.83. The van der Waals surface area contributed by atoms with Crippen molar-refractivity contribution >= 4 is 21.8 Å². The highest BCUT2D eigenvalue weighted by molar-refractivity contribution is 6.05. The van der Waals surface area contributed by atoms with Crippen LogP contribution in [-0.4, -0.2) is 14.8 Å². The van der Waals surface area contributed by atoms with Crippen molar-refractivity contribution < 1.29 is 4.74 Å². The van der Waals surface area contributed by atoms with E-state index in [1.807, 2.05) is 54.7 Å². The van der Waals surface area contributed by atoms with Crippen LogP contribution < -0.4 is 10.3 Å². The summed E-state index contributed by atoms with van der Waals surface area (Å²) in [5, 5.41) is 5.98. The van der Waals surface area contributed by atoms with Crippen molar-refractivity contribution in [2.75, 3.05) is 0 Å². The van der Waals surface area contributed by atoms with Gasteiger partial charge < -0.3 is 9.72 Å². The third-order valence-electron chi connectivity index (χ3n) is 3.84. The van der Waals surface area contributed by atoms with Gasteiger partial charge in [0.05, 0.1) is 5.52 Å². The normalized spacial score (nSPS) is 11.2. The number of nitrogens with zero attached hydrogens (tertiary/aromatic N) is 2. The number of pyridine rings is 1. The second-order valence-electron chi connectivity index (χ2n) is 5.47. The summed E-state index contributed by atoms with van der Waals surface area (Å²) in [5.74, 6) is 0.661. The van der Waals surface area contributed by atoms with E-state index in [1.54, 1.807) is 11.7 Å². The maximum absolute atomic E-state index is 12.2. The van der Waals surface area contributed by atoms with E-state index in [0.717, 1.165) is 16.3 Å². The lowest BCUT2D eigenvalue weighted by Crippen LogP contribution is -2.08. The smallest absolute Gasteiger partial charge is 0.276 e. The first-order valence-corrected chi connectivity index (χ1v) is 7.37. The summed E-state index contributed by atoms with van der Waals surface area (Å²) in [6, 6.07) is 15.7. The Kier molecular flexibility index (Phi) is 3.12. The maximum Gasteiger partial charge on any atom is 0.276 e. The average Bonchev–Trinajstić information content (AvgIpc) is 2.97. The van der Waals surface area contributed by atoms with E-state index in [9.17, 15) is 4.79 Å². The van der Waals surface area contributed by atoms with Gasteiger partial charge in [0.25, 0.3) is 5.56 Å². The summed E-state index contributed by atoms with van der Waals surface area (Å²) < 4.78 is 7.57. The molecule has 0 atom stereocenters. The van der Waals surface area contributed by atoms with Gasteiger partial charge in [0.2, 0.25) is 0 Å². The Morgan fingerprint density at radius 2 is 1.91 bits per heavy atom. The van der Waals surface area contributed by atoms with E-state index in [4.69, 9.17) is 4.74 Å². The SMILES string of the molecule is Cn1cc2c(n1)c(=O)[nH]c1c(OCc3ccccc3)cccc12. The van der Waals surface area contributed by atoms with Crippen molar-refractivity contribution in [3.05, 3.63) is 70.6 Å². The van der Waals surface area contributed by atoms with Crippen LogP contribution in [0, 0.1) is 0 Å². The molecule has 5 heteroatoms. The van der Waals surface area contributed by atoms with Crippen LogP contribution in [0.5, 0.6) is 5.75 Å². The van der Waals surface area contributed by atoms with E-state index in [1.165, 1.54) is 0 Å². The van der Waals surface area contributed by atoms with Gasteiger partial charge in [0.1, 0.15) is 12.4 Å². The van der Waals surface area contributed by atoms with Gasteiger partial charge in [0, 0.05) is 24.0 Å². The molecule has 0 radical (unpaired) electrons. The molecule has 0 fully saturated rings. The molecule has 4 rings (SSSR count). The van der Waals surface area contributed by atoms with Gasteiger partial charge in [0.15, 0.2) is 5.52 Å². The number of fused-ring (bicyclic) bond motifs is 3. The number of para-hydroxylation sites is 1. The molecule has 0 aliphatic heterocycles. The van der Waals surface area contributed by atoms with Crippen LogP contribution in [0.4, 0.5) is 0 Å². The third kappa shape index (κ3) is 2.36. The number of ether oxygens (including phenoxy) is 1. The number of hydrogen-bond donors (Lipinski definition) is 1. The summed E-state index contributed by atoms with van der Waals surface area (Å²) >= 11 is 0. The first-order chi connectivity index (χ1) is 11.2. The highest BCUT2D eigenvalue weighted by Crippen LogP contribution is 2.28. The van der Waals surface area contributed by atoms with Gasteiger partial charge in [-0.25, -0.2) is 0 Å². The second-order valence-corrected chi connectivity index (χ2v) is 5.47. The number of benzene rings is 2. The van der Waals surface area contributed by atoms with Crippen molar-refractivity contribution in [3.8, 4) is 5.75 Å². The summed E-state index contributed by atoms with van der Waals surface area (Å²) in [6.07, 6.45) is 1.86. The van der Waals surface area contributed by atoms with E-state index < -0.39 is 0 Å². The van der Waals surface area contributed by atoms with Crippen molar-refractivity contribution in [2.45, 2.75) is 6.61 Å². The monoisotopic (exact) mass is 305 g/mol. The van der Waals surface area contributed by atoms with Crippen LogP contribution in [0.2, 0.25) is 0 Å². The lowest BCUT2D eigenvalue weighted by atomic mass is 10.1. The molecule has 0 aliphatic rings. The molecule has 0 unspecified atom stereocenters. The summed E-state index contributed by atoms with van der Waals surface area (Å²) in [4.78, 5) is 15.1. The van der Waals surface area contributed by atoms with Gasteiger partial charge in [-0.1, -0.05) is 42.5 Å². The topological polar surface area (TPSA) is 59.9 Å². The standard InChI is InChI=1S/C18H15N3O2/c1-21-10-14-13-8-5-9-15(16(13)19-18(22)17(14)20-21)23-11-12-6-3-2-4-7-12/h2-10H,11H2,1H3,(H,19,22). The van der Waals surface area contributed by atoms with Crippen molar-refractivity contribution in [2.24, 2.45) is 7.05 Å². The quantitative estimate of drug-likeness (QED) is 0.633. The van der Waals surface area contributed by atoms with Gasteiger partial charge in [-0.05, 0) is 11.6 Å². The number of aromatic nitrogens is 3. The molecule has 1 N–H and O–H groups in total. The van der Waals surface area contributed by atoms with Gasteiger partial charge in [-0.2, -0.15) is 5.10 Å². The Labute approximate surface area is 132 Å². The van der Waals surface area contributed by atoms with E-state index >= 15 is 0 Å². The fourth-order valence-corrected chi connectivity index (χ4v) is 2.77. The second kappa shape index (κ2) is 5.28. The van der Waals surface area contributed by atoms with Crippen molar-refractivity contribution in [3.63, 3.8) is 0 Å². The molecule has 0 saturated heterocycles. The van der Waals surface area contributed by atoms with Crippen molar-refractivity contribution in [1.82, 2.24) is 14.8 Å². The molecule has 23 heavy (non-hydrogen) atoms. The summed E-state index contributed by atoms with van der Waals surface area (Å²) in [7, 11) is 1.81. The molecule has 0 amide bonds. The van der Waals surface area contributed by atoms with E-state index in [0.29, 0.717) is 23.4 Å². The zero-order valence-electron chi connectivity index (χ0n) is 12.6. The minimum Gasteiger partial charge on any atom is -0.487 e. The van der Waals surface area contributed by atoms with Crippen LogP contribution in [-0.2, 0) is 13.7 Å². The Bertz CT molecular complexity index is 1050. The molecule has 5 nitrogen and oxygen atoms in total. The minimum absolute atomic E-state index is 0.205. The highest BCUT2D eigenvalue weighted by Gasteiger charge is 2.12. The molecule has 0 aliphatic carbocycles. The number of H-pyrrole nitrogens is 1. The predicted molar refractivity (Wildman–Crippen MR) is 89.6 cm³/mol. The largest absolute Gasteiger partial charge is 0.487 e. The molecule has 114 valence electrons. The average molecular weight is 305 g/mol. The zero-order valence-corrected chi connectivity index (χ0v) is 12.6. The number of aromatic amines is 1. The zero-order chi connectivity index (χ0) is 15.8. The van der Waals surface area contributed by atoms with Crippen LogP contribution in [0.1, 0.15) is 5.56 Å². The Morgan fingerprint density at radius 3 is 2.74 bits per heavy atom. The van der Waals surface area contributed by atoms with Crippen LogP contribution in [0.25, 0.3) is 21.8 Å². The molecule has 0 bridgehead atoms. The Hall–Kier alpha value is -3.08. The Morgan fingerprint density at radius 1 is 1.09 bits per heavy atom. The van der Waals surface area contributed by atoms with Crippen LogP contribution in [0.3, 0.4) is 0 Å². The number of hydrogen-bond acceptors (Lipinski definition) is 3. The first-order valence-electron chi connectivity index (χ1n) is 7.37. The minimum atomic E-state index is -0.205. The van der Waals surface area contributed by atoms with Gasteiger partial charge in [-0.3, -0.25) is 9.48 Å². The van der Waals surface area contributed by atoms with Gasteiger partial charge >= 0.3 is 0 Å². The van der Waals surface area contributed by atoms with Crippen LogP contribution >= 0.6 is 0 Å². The summed E-state index contributed by atoms with van der Waals surface area (Å²) in [5.41, 5.74) is 2.02. The molecular formula is C18H15N3O2. The molecule has 0 saturated carbocycles. The van der Waals surface area contributed by atoms with E-state index in [-0.39, 0.29) is 5.56 Å². The molecule has 2 heterocycles. The van der Waals surface area contributed by atoms with E-state index in [2.05, 4.69) is 10.1 Å². The van der Waals surface area contributed by atoms with Crippen molar-refractivity contribution in [1.29, 1.82) is 0 Å². The highest BCUT2D eigenvalue weighted by atomic mass is 16.5. The molecule has 2 aromatic heterocycles. The maximum atomic E-state index is 12.2. The van der Waals surface area contributed by atoms with Gasteiger partial charge in [-0.15, -0.1) is 0 Å². The molecule has 0 spiro atoms. The van der Waals surface area contributed by atoms with Crippen LogP contribution in [0.15, 0.2) is 59.5 Å². The number of rotatable bonds is 3. The number of aryl methyl sites for hydroxylation is 1. The third-order valence-corrected chi connectivity index (χ3v) is 3.84. The first kappa shape index (κ1) is 13.6. The molecule has 4 aromatic rings. The fourth-order valence-electron chi connectivity index (χ4n) is 2.77. The lowest BCUT2D eigenvalue weighted by Gasteiger charge is -2.09. The molecular weight excluding hydrogens is 290 g/mol. The number of nitrogens with one attached hydrogen (secondary N) is 1. The summed E-state index contributed by atoms with van der Waals surface area (Å²) in [6.45, 7) is 0.451. The lowest BCUT2D eigenvalue weighted by molar-refractivity contribution is 0.309. The fraction of sp³-hybridized carbons (Fsp3) is 0.111. The predicted octanol–water partition coefficient (Wildman–Crippen LogP) is 2.99.